The van der Waals surface area contributed by atoms with Gasteiger partial charge in [0.05, 0.1) is 19.8 Å². The molecule has 0 bridgehead atoms. The number of amides is 2. The van der Waals surface area contributed by atoms with Gasteiger partial charge in [-0.25, -0.2) is 0 Å². The van der Waals surface area contributed by atoms with Gasteiger partial charge in [0.2, 0.25) is 0 Å². The van der Waals surface area contributed by atoms with Crippen molar-refractivity contribution < 1.29 is 19.1 Å². The minimum atomic E-state index is -0.503. The van der Waals surface area contributed by atoms with Gasteiger partial charge in [0, 0.05) is 12.5 Å². The Balaban J connectivity index is 2.05. The van der Waals surface area contributed by atoms with Crippen LogP contribution in [0.25, 0.3) is 16.8 Å². The van der Waals surface area contributed by atoms with E-state index in [0.717, 1.165) is 22.1 Å². The zero-order valence-electron chi connectivity index (χ0n) is 15.2. The van der Waals surface area contributed by atoms with Gasteiger partial charge in [0.15, 0.2) is 5.11 Å². The van der Waals surface area contributed by atoms with E-state index in [4.69, 9.17) is 21.7 Å². The Morgan fingerprint density at radius 2 is 1.89 bits per heavy atom. The Hall–Kier alpha value is -2.77. The maximum absolute atomic E-state index is 12.8. The Kier molecular flexibility index (Phi) is 5.83. The molecule has 0 aromatic heterocycles. The van der Waals surface area contributed by atoms with E-state index in [-0.39, 0.29) is 17.2 Å². The number of carbonyl (C=O) groups is 2. The number of benzene rings is 2. The number of nitrogens with one attached hydrogen (secondary N) is 1. The van der Waals surface area contributed by atoms with Crippen LogP contribution in [0, 0.1) is 0 Å². The molecule has 7 heteroatoms. The van der Waals surface area contributed by atoms with Crippen LogP contribution in [0.2, 0.25) is 0 Å². The lowest BCUT2D eigenvalue weighted by Crippen LogP contribution is -2.54. The summed E-state index contributed by atoms with van der Waals surface area (Å²) in [6.07, 6.45) is 1.59. The Morgan fingerprint density at radius 1 is 1.15 bits per heavy atom. The van der Waals surface area contributed by atoms with E-state index in [1.807, 2.05) is 43.3 Å². The quantitative estimate of drug-likeness (QED) is 0.471. The van der Waals surface area contributed by atoms with Crippen molar-refractivity contribution in [1.82, 2.24) is 10.2 Å². The van der Waals surface area contributed by atoms with Crippen LogP contribution < -0.4 is 10.1 Å². The third kappa shape index (κ3) is 3.84. The fourth-order valence-corrected chi connectivity index (χ4v) is 3.20. The number of fused-ring (bicyclic) bond motifs is 1. The predicted octanol–water partition coefficient (Wildman–Crippen LogP) is 2.51. The first-order valence-corrected chi connectivity index (χ1v) is 9.00. The summed E-state index contributed by atoms with van der Waals surface area (Å²) in [6.45, 7) is 3.07. The van der Waals surface area contributed by atoms with E-state index >= 15 is 0 Å². The van der Waals surface area contributed by atoms with Crippen LogP contribution in [0.5, 0.6) is 5.75 Å². The molecule has 0 aliphatic carbocycles. The van der Waals surface area contributed by atoms with Crippen molar-refractivity contribution in [3.8, 4) is 5.75 Å². The van der Waals surface area contributed by atoms with Gasteiger partial charge in [-0.2, -0.15) is 0 Å². The molecular formula is C20H20N2O4S. The molecule has 1 saturated heterocycles. The van der Waals surface area contributed by atoms with Crippen molar-refractivity contribution in [2.45, 2.75) is 6.92 Å². The molecule has 1 fully saturated rings. The number of ether oxygens (including phenoxy) is 2. The molecule has 0 saturated carbocycles. The molecule has 0 spiro atoms. The molecule has 1 heterocycles. The summed E-state index contributed by atoms with van der Waals surface area (Å²) in [6, 6.07) is 11.4. The van der Waals surface area contributed by atoms with E-state index in [2.05, 4.69) is 5.32 Å². The summed E-state index contributed by atoms with van der Waals surface area (Å²) in [5.41, 5.74) is 0.793. The molecule has 0 radical (unpaired) electrons. The first-order valence-electron chi connectivity index (χ1n) is 8.59. The Labute approximate surface area is 162 Å². The van der Waals surface area contributed by atoms with Crippen molar-refractivity contribution in [1.29, 1.82) is 0 Å². The number of nitrogens with zero attached hydrogens (tertiary/aromatic N) is 1. The Morgan fingerprint density at radius 3 is 2.59 bits per heavy atom. The average molecular weight is 384 g/mol. The minimum Gasteiger partial charge on any atom is -0.493 e. The second-order valence-electron chi connectivity index (χ2n) is 5.90. The van der Waals surface area contributed by atoms with Crippen molar-refractivity contribution in [2.24, 2.45) is 0 Å². The van der Waals surface area contributed by atoms with Gasteiger partial charge in [-0.05, 0) is 42.2 Å². The molecule has 0 atom stereocenters. The average Bonchev–Trinajstić information content (AvgIpc) is 2.66. The van der Waals surface area contributed by atoms with Crippen molar-refractivity contribution in [3.05, 3.63) is 47.5 Å². The zero-order chi connectivity index (χ0) is 19.4. The number of carbonyl (C=O) groups excluding carboxylic acids is 2. The largest absolute Gasteiger partial charge is 0.493 e. The molecule has 2 amide bonds. The number of rotatable bonds is 6. The number of thiocarbonyl (C=S) groups is 1. The molecule has 6 nitrogen and oxygen atoms in total. The van der Waals surface area contributed by atoms with E-state index in [9.17, 15) is 9.59 Å². The van der Waals surface area contributed by atoms with Gasteiger partial charge >= 0.3 is 0 Å². The Bertz CT molecular complexity index is 939. The summed E-state index contributed by atoms with van der Waals surface area (Å²) in [5.74, 6) is -0.173. The monoisotopic (exact) mass is 384 g/mol. The molecule has 1 aliphatic heterocycles. The smallest absolute Gasteiger partial charge is 0.265 e. The lowest BCUT2D eigenvalue weighted by molar-refractivity contribution is -0.129. The van der Waals surface area contributed by atoms with Crippen LogP contribution >= 0.6 is 12.2 Å². The van der Waals surface area contributed by atoms with Crippen LogP contribution in [0.15, 0.2) is 42.0 Å². The highest BCUT2D eigenvalue weighted by Gasteiger charge is 2.33. The highest BCUT2D eigenvalue weighted by atomic mass is 32.1. The van der Waals surface area contributed by atoms with Gasteiger partial charge in [0.25, 0.3) is 11.8 Å². The van der Waals surface area contributed by atoms with E-state index in [0.29, 0.717) is 13.2 Å². The van der Waals surface area contributed by atoms with Crippen molar-refractivity contribution in [2.75, 3.05) is 26.9 Å². The van der Waals surface area contributed by atoms with Gasteiger partial charge in [-0.1, -0.05) is 30.3 Å². The second-order valence-corrected chi connectivity index (χ2v) is 6.29. The van der Waals surface area contributed by atoms with Crippen molar-refractivity contribution in [3.63, 3.8) is 0 Å². The summed E-state index contributed by atoms with van der Waals surface area (Å²) in [7, 11) is 1.54. The van der Waals surface area contributed by atoms with Gasteiger partial charge < -0.3 is 9.47 Å². The van der Waals surface area contributed by atoms with Gasteiger partial charge in [-0.15, -0.1) is 0 Å². The van der Waals surface area contributed by atoms with Gasteiger partial charge in [-0.3, -0.25) is 19.8 Å². The molecule has 140 valence electrons. The van der Waals surface area contributed by atoms with Crippen LogP contribution in [-0.2, 0) is 14.3 Å². The SMILES string of the molecule is CCOc1ccc(/C=C2/C(=O)NC(=S)N(CCOC)C2=O)c2ccccc12. The van der Waals surface area contributed by atoms with Crippen LogP contribution in [0.3, 0.4) is 0 Å². The standard InChI is InChI=1S/C20H20N2O4S/c1-3-26-17-9-8-13(14-6-4-5-7-15(14)17)12-16-18(23)21-20(27)22(19(16)24)10-11-25-2/h4-9,12H,3,10-11H2,1-2H3,(H,21,23,27)/b16-12-. The molecule has 1 aliphatic rings. The van der Waals surface area contributed by atoms with E-state index in [1.54, 1.807) is 13.2 Å². The number of hydrogen-bond acceptors (Lipinski definition) is 5. The zero-order valence-corrected chi connectivity index (χ0v) is 16.0. The summed E-state index contributed by atoms with van der Waals surface area (Å²) in [5, 5.41) is 4.48. The molecule has 27 heavy (non-hydrogen) atoms. The molecule has 2 aromatic carbocycles. The maximum Gasteiger partial charge on any atom is 0.265 e. The predicted molar refractivity (Wildman–Crippen MR) is 107 cm³/mol. The molecule has 1 N–H and O–H groups in total. The number of methoxy groups -OCH3 is 1. The third-order valence-electron chi connectivity index (χ3n) is 4.22. The number of hydrogen-bond donors (Lipinski definition) is 1. The lowest BCUT2D eigenvalue weighted by atomic mass is 10.00. The summed E-state index contributed by atoms with van der Waals surface area (Å²) >= 11 is 5.11. The van der Waals surface area contributed by atoms with Gasteiger partial charge in [0.1, 0.15) is 11.3 Å². The molecular weight excluding hydrogens is 364 g/mol. The van der Waals surface area contributed by atoms with E-state index in [1.165, 1.54) is 4.90 Å². The normalized spacial score (nSPS) is 16.1. The first kappa shape index (κ1) is 19.0. The third-order valence-corrected chi connectivity index (χ3v) is 4.54. The van der Waals surface area contributed by atoms with Crippen LogP contribution in [0.4, 0.5) is 0 Å². The van der Waals surface area contributed by atoms with E-state index < -0.39 is 11.8 Å². The fraction of sp³-hybridized carbons (Fsp3) is 0.250. The van der Waals surface area contributed by atoms with Crippen LogP contribution in [-0.4, -0.2) is 48.7 Å². The summed E-state index contributed by atoms with van der Waals surface area (Å²) in [4.78, 5) is 26.5. The minimum absolute atomic E-state index is 0.0361. The molecule has 3 rings (SSSR count). The lowest BCUT2D eigenvalue weighted by Gasteiger charge is -2.28. The highest BCUT2D eigenvalue weighted by Crippen LogP contribution is 2.30. The highest BCUT2D eigenvalue weighted by molar-refractivity contribution is 7.80. The topological polar surface area (TPSA) is 67.9 Å². The molecule has 0 unspecified atom stereocenters. The second kappa shape index (κ2) is 8.28. The van der Waals surface area contributed by atoms with Crippen molar-refractivity contribution >= 4 is 46.0 Å². The fourth-order valence-electron chi connectivity index (χ4n) is 2.94. The summed E-state index contributed by atoms with van der Waals surface area (Å²) < 4.78 is 10.7. The van der Waals surface area contributed by atoms with Crippen LogP contribution in [0.1, 0.15) is 12.5 Å². The molecule has 2 aromatic rings. The maximum atomic E-state index is 12.8. The first-order chi connectivity index (χ1) is 13.1.